The number of aryl methyl sites for hydroxylation is 3. The molecule has 1 aromatic carbocycles. The van der Waals surface area contributed by atoms with Gasteiger partial charge in [0.1, 0.15) is 5.75 Å². The summed E-state index contributed by atoms with van der Waals surface area (Å²) in [7, 11) is 0. The average molecular weight is 328 g/mol. The highest BCUT2D eigenvalue weighted by molar-refractivity contribution is 5.78. The number of nitrogens with one attached hydrogen (secondary N) is 1. The van der Waals surface area contributed by atoms with Crippen LogP contribution in [0.4, 0.5) is 5.69 Å². The van der Waals surface area contributed by atoms with E-state index in [1.807, 2.05) is 49.9 Å². The highest BCUT2D eigenvalue weighted by Crippen LogP contribution is 2.23. The van der Waals surface area contributed by atoms with Crippen molar-refractivity contribution in [1.82, 2.24) is 15.1 Å². The third-order valence-corrected chi connectivity index (χ3v) is 4.42. The first kappa shape index (κ1) is 16.4. The van der Waals surface area contributed by atoms with Crippen LogP contribution in [0, 0.1) is 20.8 Å². The van der Waals surface area contributed by atoms with Crippen molar-refractivity contribution < 1.29 is 9.53 Å². The van der Waals surface area contributed by atoms with Gasteiger partial charge in [0.25, 0.3) is 5.91 Å². The van der Waals surface area contributed by atoms with Crippen molar-refractivity contribution in [2.24, 2.45) is 0 Å². The second-order valence-corrected chi connectivity index (χ2v) is 6.25. The third-order valence-electron chi connectivity index (χ3n) is 4.42. The van der Waals surface area contributed by atoms with Crippen molar-refractivity contribution in [3.63, 3.8) is 0 Å². The molecule has 0 saturated carbocycles. The first-order chi connectivity index (χ1) is 11.5. The van der Waals surface area contributed by atoms with Gasteiger partial charge in [-0.05, 0) is 32.9 Å². The van der Waals surface area contributed by atoms with Crippen molar-refractivity contribution in [3.8, 4) is 5.75 Å². The quantitative estimate of drug-likeness (QED) is 0.933. The Morgan fingerprint density at radius 2 is 1.79 bits per heavy atom. The number of ether oxygens (including phenoxy) is 1. The summed E-state index contributed by atoms with van der Waals surface area (Å²) < 4.78 is 5.59. The van der Waals surface area contributed by atoms with Gasteiger partial charge in [-0.1, -0.05) is 17.7 Å². The van der Waals surface area contributed by atoms with Crippen LogP contribution >= 0.6 is 0 Å². The number of H-pyrrole nitrogens is 1. The maximum atomic E-state index is 12.3. The van der Waals surface area contributed by atoms with E-state index < -0.39 is 0 Å². The van der Waals surface area contributed by atoms with E-state index in [1.165, 1.54) is 5.56 Å². The number of hydrogen-bond donors (Lipinski definition) is 1. The summed E-state index contributed by atoms with van der Waals surface area (Å²) in [5, 5.41) is 7.27. The number of hydrogen-bond acceptors (Lipinski definition) is 4. The molecule has 2 heterocycles. The van der Waals surface area contributed by atoms with Gasteiger partial charge >= 0.3 is 0 Å². The van der Waals surface area contributed by atoms with Gasteiger partial charge in [-0.25, -0.2) is 0 Å². The summed E-state index contributed by atoms with van der Waals surface area (Å²) in [6.07, 6.45) is 0. The lowest BCUT2D eigenvalue weighted by Gasteiger charge is -2.36. The molecule has 0 unspecified atom stereocenters. The minimum Gasteiger partial charge on any atom is -0.484 e. The van der Waals surface area contributed by atoms with Crippen molar-refractivity contribution in [2.45, 2.75) is 20.8 Å². The molecule has 1 amide bonds. The van der Waals surface area contributed by atoms with Crippen LogP contribution in [0.15, 0.2) is 24.3 Å². The molecule has 0 spiro atoms. The SMILES string of the molecule is Cc1ccc(OCC(=O)N2CCN(c3c(C)n[nH]c3C)CC2)cc1. The van der Waals surface area contributed by atoms with Gasteiger partial charge in [0.15, 0.2) is 6.61 Å². The first-order valence-electron chi connectivity index (χ1n) is 8.28. The van der Waals surface area contributed by atoms with Gasteiger partial charge in [0, 0.05) is 26.2 Å². The van der Waals surface area contributed by atoms with Crippen LogP contribution in [0.5, 0.6) is 5.75 Å². The Kier molecular flexibility index (Phi) is 4.74. The number of amides is 1. The van der Waals surface area contributed by atoms with Crippen molar-refractivity contribution in [3.05, 3.63) is 41.2 Å². The molecule has 0 radical (unpaired) electrons. The van der Waals surface area contributed by atoms with Crippen LogP contribution in [0.25, 0.3) is 0 Å². The first-order valence-corrected chi connectivity index (χ1v) is 8.28. The van der Waals surface area contributed by atoms with Gasteiger partial charge in [-0.2, -0.15) is 5.10 Å². The van der Waals surface area contributed by atoms with E-state index in [0.29, 0.717) is 13.1 Å². The molecule has 6 heteroatoms. The number of benzene rings is 1. The number of rotatable bonds is 4. The molecule has 3 rings (SSSR count). The smallest absolute Gasteiger partial charge is 0.260 e. The van der Waals surface area contributed by atoms with Crippen LogP contribution in [0.1, 0.15) is 17.0 Å². The molecule has 0 bridgehead atoms. The fourth-order valence-electron chi connectivity index (χ4n) is 3.06. The normalized spacial score (nSPS) is 14.8. The molecule has 0 atom stereocenters. The van der Waals surface area contributed by atoms with Crippen molar-refractivity contribution in [2.75, 3.05) is 37.7 Å². The number of carbonyl (C=O) groups excluding carboxylic acids is 1. The molecule has 1 aromatic heterocycles. The van der Waals surface area contributed by atoms with Crippen LogP contribution in [-0.2, 0) is 4.79 Å². The van der Waals surface area contributed by atoms with Gasteiger partial charge < -0.3 is 14.5 Å². The number of carbonyl (C=O) groups is 1. The van der Waals surface area contributed by atoms with Gasteiger partial charge in [0.2, 0.25) is 0 Å². The highest BCUT2D eigenvalue weighted by atomic mass is 16.5. The summed E-state index contributed by atoms with van der Waals surface area (Å²) in [5.74, 6) is 0.771. The fraction of sp³-hybridized carbons (Fsp3) is 0.444. The van der Waals surface area contributed by atoms with E-state index in [-0.39, 0.29) is 12.5 Å². The monoisotopic (exact) mass is 328 g/mol. The van der Waals surface area contributed by atoms with Crippen LogP contribution in [0.3, 0.4) is 0 Å². The Balaban J connectivity index is 1.51. The topological polar surface area (TPSA) is 61.5 Å². The van der Waals surface area contributed by atoms with E-state index in [1.54, 1.807) is 0 Å². The highest BCUT2D eigenvalue weighted by Gasteiger charge is 2.24. The second-order valence-electron chi connectivity index (χ2n) is 6.25. The van der Waals surface area contributed by atoms with Gasteiger partial charge in [-0.15, -0.1) is 0 Å². The third kappa shape index (κ3) is 3.53. The molecular formula is C18H24N4O2. The van der Waals surface area contributed by atoms with E-state index in [9.17, 15) is 4.79 Å². The summed E-state index contributed by atoms with van der Waals surface area (Å²) in [6, 6.07) is 7.75. The van der Waals surface area contributed by atoms with Crippen LogP contribution in [-0.4, -0.2) is 53.8 Å². The number of aromatic amines is 1. The number of piperazine rings is 1. The van der Waals surface area contributed by atoms with Gasteiger partial charge in [-0.3, -0.25) is 9.89 Å². The van der Waals surface area contributed by atoms with Crippen LogP contribution in [0.2, 0.25) is 0 Å². The van der Waals surface area contributed by atoms with E-state index in [2.05, 4.69) is 15.1 Å². The van der Waals surface area contributed by atoms with E-state index in [4.69, 9.17) is 4.74 Å². The molecule has 6 nitrogen and oxygen atoms in total. The largest absolute Gasteiger partial charge is 0.484 e. The summed E-state index contributed by atoms with van der Waals surface area (Å²) in [6.45, 7) is 9.20. The average Bonchev–Trinajstić information content (AvgIpc) is 2.93. The Bertz CT molecular complexity index is 681. The predicted octanol–water partition coefficient (Wildman–Crippen LogP) is 2.06. The van der Waals surface area contributed by atoms with Crippen molar-refractivity contribution >= 4 is 11.6 Å². The lowest BCUT2D eigenvalue weighted by Crippen LogP contribution is -2.50. The summed E-state index contributed by atoms with van der Waals surface area (Å²) in [5.41, 5.74) is 4.43. The number of anilines is 1. The lowest BCUT2D eigenvalue weighted by atomic mass is 10.2. The summed E-state index contributed by atoms with van der Waals surface area (Å²) >= 11 is 0. The minimum atomic E-state index is 0.0378. The Morgan fingerprint density at radius 3 is 2.38 bits per heavy atom. The Labute approximate surface area is 142 Å². The maximum Gasteiger partial charge on any atom is 0.260 e. The Morgan fingerprint density at radius 1 is 1.12 bits per heavy atom. The van der Waals surface area contributed by atoms with Crippen LogP contribution < -0.4 is 9.64 Å². The molecule has 1 fully saturated rings. The summed E-state index contributed by atoms with van der Waals surface area (Å²) in [4.78, 5) is 16.5. The zero-order valence-electron chi connectivity index (χ0n) is 14.5. The minimum absolute atomic E-state index is 0.0378. The standard InChI is InChI=1S/C18H24N4O2/c1-13-4-6-16(7-5-13)24-12-17(23)21-8-10-22(11-9-21)18-14(2)19-20-15(18)3/h4-7H,8-12H2,1-3H3,(H,19,20). The number of nitrogens with zero attached hydrogens (tertiary/aromatic N) is 3. The predicted molar refractivity (Wildman–Crippen MR) is 93.5 cm³/mol. The fourth-order valence-corrected chi connectivity index (χ4v) is 3.06. The molecule has 0 aliphatic carbocycles. The zero-order valence-corrected chi connectivity index (χ0v) is 14.5. The zero-order chi connectivity index (χ0) is 17.1. The molecule has 128 valence electrons. The maximum absolute atomic E-state index is 12.3. The molecule has 2 aromatic rings. The van der Waals surface area contributed by atoms with Gasteiger partial charge in [0.05, 0.1) is 17.1 Å². The molecule has 24 heavy (non-hydrogen) atoms. The molecule has 1 aliphatic heterocycles. The molecule has 1 aliphatic rings. The molecule has 1 N–H and O–H groups in total. The van der Waals surface area contributed by atoms with Crippen molar-refractivity contribution in [1.29, 1.82) is 0 Å². The second kappa shape index (κ2) is 6.95. The number of aromatic nitrogens is 2. The molecule has 1 saturated heterocycles. The van der Waals surface area contributed by atoms with E-state index in [0.717, 1.165) is 35.9 Å². The lowest BCUT2D eigenvalue weighted by molar-refractivity contribution is -0.133. The van der Waals surface area contributed by atoms with E-state index >= 15 is 0 Å². The molecular weight excluding hydrogens is 304 g/mol. The Hall–Kier alpha value is -2.50.